The highest BCUT2D eigenvalue weighted by atomic mass is 15.3. The van der Waals surface area contributed by atoms with E-state index in [4.69, 9.17) is 15.7 Å². The van der Waals surface area contributed by atoms with E-state index < -0.39 is 0 Å². The number of benzene rings is 1. The molecule has 1 aromatic carbocycles. The Balaban J connectivity index is 1.28. The Hall–Kier alpha value is -4.05. The normalized spacial score (nSPS) is 16.8. The number of piperidine rings is 1. The van der Waals surface area contributed by atoms with Crippen LogP contribution in [0.1, 0.15) is 19.3 Å². The van der Waals surface area contributed by atoms with Crippen LogP contribution in [0.5, 0.6) is 0 Å². The summed E-state index contributed by atoms with van der Waals surface area (Å²) in [6, 6.07) is 8.35. The summed E-state index contributed by atoms with van der Waals surface area (Å²) >= 11 is 0. The Kier molecular flexibility index (Phi) is 4.66. The molecule has 2 aliphatic heterocycles. The van der Waals surface area contributed by atoms with Crippen LogP contribution in [-0.4, -0.2) is 67.3 Å². The van der Waals surface area contributed by atoms with Gasteiger partial charge in [-0.25, -0.2) is 15.0 Å². The monoisotopic (exact) mass is 466 g/mol. The average Bonchev–Trinajstić information content (AvgIpc) is 3.51. The van der Waals surface area contributed by atoms with Crippen LogP contribution in [-0.2, 0) is 0 Å². The minimum Gasteiger partial charge on any atom is -0.355 e. The number of hydrogen-bond acceptors (Lipinski definition) is 8. The number of nitrogens with two attached hydrogens (primary N) is 1. The van der Waals surface area contributed by atoms with Crippen molar-refractivity contribution in [1.82, 2.24) is 35.1 Å². The molecule has 0 saturated carbocycles. The number of hydrogen-bond donors (Lipinski definition) is 3. The van der Waals surface area contributed by atoms with E-state index in [0.717, 1.165) is 82.5 Å². The van der Waals surface area contributed by atoms with Crippen LogP contribution in [0.4, 0.5) is 11.6 Å². The van der Waals surface area contributed by atoms with Gasteiger partial charge in [0, 0.05) is 49.4 Å². The van der Waals surface area contributed by atoms with E-state index in [1.54, 1.807) is 12.4 Å². The summed E-state index contributed by atoms with van der Waals surface area (Å²) < 4.78 is 0. The topological polar surface area (TPSA) is 129 Å². The maximum absolute atomic E-state index is 5.94. The van der Waals surface area contributed by atoms with E-state index >= 15 is 0 Å². The lowest BCUT2D eigenvalue weighted by Crippen LogP contribution is -2.56. The third-order valence-electron chi connectivity index (χ3n) is 6.98. The number of anilines is 2. The fraction of sp³-hybridized carbons (Fsp3) is 0.320. The van der Waals surface area contributed by atoms with Gasteiger partial charge < -0.3 is 20.5 Å². The van der Waals surface area contributed by atoms with Gasteiger partial charge >= 0.3 is 0 Å². The molecule has 4 N–H and O–H groups in total. The number of aromatic nitrogens is 7. The maximum Gasteiger partial charge on any atom is 0.159 e. The second-order valence-corrected chi connectivity index (χ2v) is 9.42. The molecule has 176 valence electrons. The summed E-state index contributed by atoms with van der Waals surface area (Å²) in [5.74, 6) is 2.53. The Morgan fingerprint density at radius 2 is 1.83 bits per heavy atom. The van der Waals surface area contributed by atoms with Crippen LogP contribution in [0, 0.1) is 0 Å². The standard InChI is InChI=1S/C25H26N10/c26-16-13-35(14-16)21-12-27-11-20(29-21)15-4-5-18-17(10-15)22(33-32-18)24-30-19-6-7-28-25(23(19)31-24)34-8-2-1-3-9-34/h4-7,10-12,16H,1-3,8-9,13-14,26H2,(H,30,31)(H,32,33). The van der Waals surface area contributed by atoms with Crippen LogP contribution in [0.3, 0.4) is 0 Å². The molecule has 0 unspecified atom stereocenters. The number of rotatable bonds is 4. The minimum atomic E-state index is 0.208. The van der Waals surface area contributed by atoms with Gasteiger partial charge in [0.25, 0.3) is 0 Å². The molecule has 35 heavy (non-hydrogen) atoms. The van der Waals surface area contributed by atoms with Crippen LogP contribution < -0.4 is 15.5 Å². The summed E-state index contributed by atoms with van der Waals surface area (Å²) in [6.07, 6.45) is 9.10. The van der Waals surface area contributed by atoms with Gasteiger partial charge in [-0.1, -0.05) is 6.07 Å². The first-order valence-electron chi connectivity index (χ1n) is 12.1. The zero-order valence-corrected chi connectivity index (χ0v) is 19.3. The number of imidazole rings is 1. The molecule has 0 bridgehead atoms. The van der Waals surface area contributed by atoms with Gasteiger partial charge in [-0.05, 0) is 37.5 Å². The van der Waals surface area contributed by atoms with E-state index in [1.165, 1.54) is 19.3 Å². The lowest BCUT2D eigenvalue weighted by Gasteiger charge is -2.37. The molecule has 6 heterocycles. The molecule has 0 radical (unpaired) electrons. The van der Waals surface area contributed by atoms with Crippen molar-refractivity contribution < 1.29 is 0 Å². The predicted molar refractivity (Wildman–Crippen MR) is 136 cm³/mol. The Bertz CT molecular complexity index is 1520. The lowest BCUT2D eigenvalue weighted by molar-refractivity contribution is 0.514. The summed E-state index contributed by atoms with van der Waals surface area (Å²) in [6.45, 7) is 3.66. The molecular formula is C25H26N10. The van der Waals surface area contributed by atoms with Gasteiger partial charge in [0.2, 0.25) is 0 Å². The highest BCUT2D eigenvalue weighted by molar-refractivity contribution is 5.96. The maximum atomic E-state index is 5.94. The van der Waals surface area contributed by atoms with Crippen molar-refractivity contribution in [2.24, 2.45) is 5.73 Å². The van der Waals surface area contributed by atoms with Gasteiger partial charge in [0.15, 0.2) is 11.6 Å². The highest BCUT2D eigenvalue weighted by Gasteiger charge is 2.25. The van der Waals surface area contributed by atoms with Gasteiger partial charge in [0.05, 0.1) is 29.1 Å². The second kappa shape index (κ2) is 8.02. The summed E-state index contributed by atoms with van der Waals surface area (Å²) in [5, 5.41) is 8.73. The number of aromatic amines is 2. The first-order chi connectivity index (χ1) is 17.2. The average molecular weight is 467 g/mol. The van der Waals surface area contributed by atoms with E-state index in [0.29, 0.717) is 0 Å². The van der Waals surface area contributed by atoms with E-state index in [1.807, 2.05) is 24.4 Å². The van der Waals surface area contributed by atoms with Crippen molar-refractivity contribution in [3.05, 3.63) is 42.9 Å². The van der Waals surface area contributed by atoms with Gasteiger partial charge in [-0.15, -0.1) is 0 Å². The zero-order chi connectivity index (χ0) is 23.4. The lowest BCUT2D eigenvalue weighted by atomic mass is 10.1. The second-order valence-electron chi connectivity index (χ2n) is 9.42. The molecular weight excluding hydrogens is 440 g/mol. The highest BCUT2D eigenvalue weighted by Crippen LogP contribution is 2.32. The van der Waals surface area contributed by atoms with Crippen molar-refractivity contribution in [2.75, 3.05) is 36.0 Å². The van der Waals surface area contributed by atoms with Gasteiger partial charge in [-0.3, -0.25) is 10.1 Å². The predicted octanol–water partition coefficient (Wildman–Crippen LogP) is 3.10. The quantitative estimate of drug-likeness (QED) is 0.369. The number of nitrogens with zero attached hydrogens (tertiary/aromatic N) is 7. The smallest absolute Gasteiger partial charge is 0.159 e. The van der Waals surface area contributed by atoms with E-state index in [-0.39, 0.29) is 6.04 Å². The number of fused-ring (bicyclic) bond motifs is 2. The van der Waals surface area contributed by atoms with Crippen molar-refractivity contribution in [3.63, 3.8) is 0 Å². The Morgan fingerprint density at radius 1 is 0.943 bits per heavy atom. The van der Waals surface area contributed by atoms with Gasteiger partial charge in [-0.2, -0.15) is 5.10 Å². The number of nitrogens with one attached hydrogen (secondary N) is 2. The third kappa shape index (κ3) is 3.48. The molecule has 10 heteroatoms. The molecule has 0 atom stereocenters. The molecule has 0 spiro atoms. The van der Waals surface area contributed by atoms with Crippen LogP contribution in [0.2, 0.25) is 0 Å². The fourth-order valence-corrected chi connectivity index (χ4v) is 5.07. The summed E-state index contributed by atoms with van der Waals surface area (Å²) in [5.41, 5.74) is 11.3. The number of pyridine rings is 1. The molecule has 2 saturated heterocycles. The first-order valence-corrected chi connectivity index (χ1v) is 12.1. The van der Waals surface area contributed by atoms with Crippen LogP contribution >= 0.6 is 0 Å². The first kappa shape index (κ1) is 20.3. The molecule has 7 rings (SSSR count). The molecule has 4 aromatic heterocycles. The summed E-state index contributed by atoms with van der Waals surface area (Å²) in [7, 11) is 0. The third-order valence-corrected chi connectivity index (χ3v) is 6.98. The Morgan fingerprint density at radius 3 is 2.69 bits per heavy atom. The molecule has 10 nitrogen and oxygen atoms in total. The van der Waals surface area contributed by atoms with Gasteiger partial charge in [0.1, 0.15) is 17.0 Å². The van der Waals surface area contributed by atoms with Crippen molar-refractivity contribution in [2.45, 2.75) is 25.3 Å². The Labute approximate surface area is 201 Å². The summed E-state index contributed by atoms with van der Waals surface area (Å²) in [4.78, 5) is 26.8. The van der Waals surface area contributed by atoms with Crippen molar-refractivity contribution in [1.29, 1.82) is 0 Å². The number of H-pyrrole nitrogens is 2. The van der Waals surface area contributed by atoms with E-state index in [9.17, 15) is 0 Å². The van der Waals surface area contributed by atoms with Crippen molar-refractivity contribution >= 4 is 33.6 Å². The molecule has 0 amide bonds. The zero-order valence-electron chi connectivity index (χ0n) is 19.3. The minimum absolute atomic E-state index is 0.208. The largest absolute Gasteiger partial charge is 0.355 e. The molecule has 2 aliphatic rings. The van der Waals surface area contributed by atoms with Crippen molar-refractivity contribution in [3.8, 4) is 22.8 Å². The molecule has 2 fully saturated rings. The molecule has 5 aromatic rings. The van der Waals surface area contributed by atoms with E-state index in [2.05, 4.69) is 41.0 Å². The van der Waals surface area contributed by atoms with Crippen LogP contribution in [0.15, 0.2) is 42.9 Å². The SMILES string of the molecule is NC1CN(c2cncc(-c3ccc4[nH]nc(-c5nc6c(N7CCCCC7)nccc6[nH]5)c4c3)n2)C1. The fourth-order valence-electron chi connectivity index (χ4n) is 5.07. The van der Waals surface area contributed by atoms with Crippen LogP contribution in [0.25, 0.3) is 44.7 Å². The molecule has 0 aliphatic carbocycles.